The molecule has 0 aromatic carbocycles. The molecule has 2 bridgehead atoms. The molecule has 9 nitrogen and oxygen atoms in total. The summed E-state index contributed by atoms with van der Waals surface area (Å²) < 4.78 is 35.3. The van der Waals surface area contributed by atoms with Crippen molar-refractivity contribution in [3.8, 4) is 0 Å². The lowest BCUT2D eigenvalue weighted by molar-refractivity contribution is -0.132. The van der Waals surface area contributed by atoms with Gasteiger partial charge in [0.25, 0.3) is 0 Å². The first kappa shape index (κ1) is 16.3. The van der Waals surface area contributed by atoms with E-state index < -0.39 is 21.8 Å². The molecule has 1 aromatic heterocycles. The highest BCUT2D eigenvalue weighted by Crippen LogP contribution is 2.38. The predicted octanol–water partition coefficient (Wildman–Crippen LogP) is -0.680. The van der Waals surface area contributed by atoms with Gasteiger partial charge in [0.15, 0.2) is 0 Å². The summed E-state index contributed by atoms with van der Waals surface area (Å²) in [6.07, 6.45) is 4.74. The maximum atomic E-state index is 12.2. The summed E-state index contributed by atoms with van der Waals surface area (Å²) in [6.45, 7) is 0.520. The van der Waals surface area contributed by atoms with Crippen molar-refractivity contribution in [1.82, 2.24) is 14.9 Å². The average molecular weight is 342 g/mol. The van der Waals surface area contributed by atoms with Crippen molar-refractivity contribution in [2.45, 2.75) is 30.8 Å². The lowest BCUT2D eigenvalue weighted by Gasteiger charge is -2.41. The summed E-state index contributed by atoms with van der Waals surface area (Å²) in [5, 5.41) is 1.18. The Hall–Kier alpha value is -1.59. The van der Waals surface area contributed by atoms with E-state index >= 15 is 0 Å². The maximum absolute atomic E-state index is 12.2. The summed E-state index contributed by atoms with van der Waals surface area (Å²) in [7, 11) is -4.59. The number of hydrogen-bond donors (Lipinski definition) is 2. The van der Waals surface area contributed by atoms with Crippen molar-refractivity contribution in [3.05, 3.63) is 30.1 Å². The largest absolute Gasteiger partial charge is 0.413 e. The third-order valence-electron chi connectivity index (χ3n) is 4.51. The van der Waals surface area contributed by atoms with Crippen LogP contribution in [0.4, 0.5) is 0 Å². The van der Waals surface area contributed by atoms with Crippen LogP contribution >= 0.6 is 0 Å². The minimum absolute atomic E-state index is 0.0770. The van der Waals surface area contributed by atoms with E-state index in [4.69, 9.17) is 10.3 Å². The second kappa shape index (κ2) is 5.80. The minimum atomic E-state index is -4.59. The highest BCUT2D eigenvalue weighted by atomic mass is 32.3. The van der Waals surface area contributed by atoms with Gasteiger partial charge in [0.05, 0.1) is 12.7 Å². The van der Waals surface area contributed by atoms with Gasteiger partial charge in [0.2, 0.25) is 5.91 Å². The molecule has 3 atom stereocenters. The van der Waals surface area contributed by atoms with Gasteiger partial charge in [0, 0.05) is 25.4 Å². The molecule has 23 heavy (non-hydrogen) atoms. The molecule has 2 aliphatic heterocycles. The first-order valence-corrected chi connectivity index (χ1v) is 8.54. The number of carbonyl (C=O) groups is 1. The van der Waals surface area contributed by atoms with Gasteiger partial charge in [-0.25, -0.2) is 0 Å². The molecule has 0 aliphatic carbocycles. The average Bonchev–Trinajstić information content (AvgIpc) is 2.80. The lowest BCUT2D eigenvalue weighted by Crippen LogP contribution is -2.60. The number of piperidine rings is 1. The summed E-state index contributed by atoms with van der Waals surface area (Å²) in [4.78, 5) is 18.0. The van der Waals surface area contributed by atoms with E-state index in [1.807, 2.05) is 11.0 Å². The summed E-state index contributed by atoms with van der Waals surface area (Å²) >= 11 is 0. The highest BCUT2D eigenvalue weighted by Gasteiger charge is 2.52. The molecule has 3 heterocycles. The molecule has 0 saturated carbocycles. The number of carbonyl (C=O) groups excluding carboxylic acids is 1. The van der Waals surface area contributed by atoms with Crippen molar-refractivity contribution in [3.63, 3.8) is 0 Å². The van der Waals surface area contributed by atoms with Gasteiger partial charge in [-0.3, -0.25) is 19.2 Å². The van der Waals surface area contributed by atoms with Gasteiger partial charge >= 0.3 is 10.4 Å². The van der Waals surface area contributed by atoms with Crippen LogP contribution in [0, 0.1) is 0 Å². The molecule has 0 radical (unpaired) electrons. The van der Waals surface area contributed by atoms with Gasteiger partial charge in [0.1, 0.15) is 5.54 Å². The van der Waals surface area contributed by atoms with Crippen LogP contribution < -0.4 is 5.73 Å². The zero-order chi connectivity index (χ0) is 16.7. The number of fused-ring (bicyclic) bond motifs is 2. The fourth-order valence-corrected chi connectivity index (χ4v) is 3.82. The fraction of sp³-hybridized carbons (Fsp3) is 0.538. The van der Waals surface area contributed by atoms with Crippen LogP contribution in [-0.2, 0) is 25.9 Å². The van der Waals surface area contributed by atoms with Crippen molar-refractivity contribution in [2.24, 2.45) is 5.73 Å². The lowest BCUT2D eigenvalue weighted by atomic mass is 9.81. The van der Waals surface area contributed by atoms with Crippen LogP contribution in [0.15, 0.2) is 24.5 Å². The van der Waals surface area contributed by atoms with E-state index in [1.165, 1.54) is 5.06 Å². The van der Waals surface area contributed by atoms with Gasteiger partial charge in [-0.05, 0) is 24.5 Å². The highest BCUT2D eigenvalue weighted by molar-refractivity contribution is 7.80. The summed E-state index contributed by atoms with van der Waals surface area (Å²) in [5.74, 6) is -0.464. The molecule has 1 aromatic rings. The molecular weight excluding hydrogens is 324 g/mol. The Morgan fingerprint density at radius 1 is 1.57 bits per heavy atom. The molecule has 126 valence electrons. The first-order chi connectivity index (χ1) is 10.8. The second-order valence-corrected chi connectivity index (χ2v) is 6.91. The monoisotopic (exact) mass is 342 g/mol. The van der Waals surface area contributed by atoms with Crippen LogP contribution in [0.1, 0.15) is 18.4 Å². The predicted molar refractivity (Wildman–Crippen MR) is 78.9 cm³/mol. The van der Waals surface area contributed by atoms with Gasteiger partial charge < -0.3 is 5.73 Å². The molecule has 0 spiro atoms. The summed E-state index contributed by atoms with van der Waals surface area (Å²) in [5.41, 5.74) is 5.63. The minimum Gasteiger partial charge on any atom is -0.368 e. The Morgan fingerprint density at radius 2 is 2.35 bits per heavy atom. The molecule has 1 amide bonds. The van der Waals surface area contributed by atoms with Gasteiger partial charge in [-0.2, -0.15) is 17.8 Å². The Labute approximate surface area is 133 Å². The van der Waals surface area contributed by atoms with Crippen molar-refractivity contribution >= 4 is 16.3 Å². The molecule has 2 aliphatic rings. The van der Waals surface area contributed by atoms with E-state index in [1.54, 1.807) is 18.5 Å². The SMILES string of the molecule is NC(=O)C1(Cc2cccnc2)CCC2CN1CN2OS(=O)(=O)O. The molecule has 10 heteroatoms. The number of primary amides is 1. The van der Waals surface area contributed by atoms with E-state index in [0.717, 1.165) is 5.56 Å². The number of hydrogen-bond acceptors (Lipinski definition) is 7. The van der Waals surface area contributed by atoms with Crippen LogP contribution in [0.3, 0.4) is 0 Å². The number of hydroxylamine groups is 2. The number of aromatic nitrogens is 1. The molecule has 3 rings (SSSR count). The Bertz CT molecular complexity index is 698. The number of nitrogens with zero attached hydrogens (tertiary/aromatic N) is 3. The van der Waals surface area contributed by atoms with E-state index in [9.17, 15) is 13.2 Å². The van der Waals surface area contributed by atoms with Crippen LogP contribution in [-0.4, -0.2) is 58.6 Å². The molecule has 2 saturated heterocycles. The van der Waals surface area contributed by atoms with E-state index in [-0.39, 0.29) is 12.7 Å². The van der Waals surface area contributed by atoms with Crippen LogP contribution in [0.25, 0.3) is 0 Å². The number of pyridine rings is 1. The van der Waals surface area contributed by atoms with E-state index in [2.05, 4.69) is 9.27 Å². The Kier molecular flexibility index (Phi) is 4.10. The Morgan fingerprint density at radius 3 is 2.96 bits per heavy atom. The normalized spacial score (nSPS) is 31.2. The topological polar surface area (TPSA) is 126 Å². The van der Waals surface area contributed by atoms with Gasteiger partial charge in [-0.1, -0.05) is 6.07 Å². The number of rotatable bonds is 5. The molecule has 3 N–H and O–H groups in total. The third-order valence-corrected chi connectivity index (χ3v) is 4.89. The van der Waals surface area contributed by atoms with Crippen molar-refractivity contribution < 1.29 is 22.0 Å². The quantitative estimate of drug-likeness (QED) is 0.674. The van der Waals surface area contributed by atoms with E-state index in [0.29, 0.717) is 25.8 Å². The molecule has 3 unspecified atom stereocenters. The van der Waals surface area contributed by atoms with Crippen molar-refractivity contribution in [2.75, 3.05) is 13.2 Å². The maximum Gasteiger partial charge on any atom is 0.413 e. The number of amides is 1. The standard InChI is InChI=1S/C13H18N4O5S/c14-12(18)13(6-10-2-1-5-15-7-10)4-3-11-8-16(13)9-17(11)22-23(19,20)21/h1-2,5,7,11H,3-4,6,8-9H2,(H2,14,18)(H,19,20,21). The first-order valence-electron chi connectivity index (χ1n) is 7.18. The van der Waals surface area contributed by atoms with Crippen molar-refractivity contribution in [1.29, 1.82) is 0 Å². The fourth-order valence-electron chi connectivity index (χ4n) is 3.41. The summed E-state index contributed by atoms with van der Waals surface area (Å²) in [6, 6.07) is 3.44. The zero-order valence-electron chi connectivity index (χ0n) is 12.3. The zero-order valence-corrected chi connectivity index (χ0v) is 13.1. The Balaban J connectivity index is 1.84. The second-order valence-electron chi connectivity index (χ2n) is 5.91. The molecular formula is C13H18N4O5S. The van der Waals surface area contributed by atoms with Gasteiger partial charge in [-0.15, -0.1) is 0 Å². The smallest absolute Gasteiger partial charge is 0.368 e. The third kappa shape index (κ3) is 3.21. The van der Waals surface area contributed by atoms with Crippen LogP contribution in [0.2, 0.25) is 0 Å². The molecule has 2 fully saturated rings. The number of nitrogens with two attached hydrogens (primary N) is 1. The van der Waals surface area contributed by atoms with Crippen LogP contribution in [0.5, 0.6) is 0 Å².